The van der Waals surface area contributed by atoms with Gasteiger partial charge in [0.25, 0.3) is 5.91 Å². The van der Waals surface area contributed by atoms with E-state index in [1.165, 1.54) is 10.4 Å². The quantitative estimate of drug-likeness (QED) is 0.835. The second-order valence-electron chi connectivity index (χ2n) is 5.49. The summed E-state index contributed by atoms with van der Waals surface area (Å²) in [7, 11) is 1.77. The molecule has 0 aliphatic heterocycles. The summed E-state index contributed by atoms with van der Waals surface area (Å²) in [6.45, 7) is 4.42. The van der Waals surface area contributed by atoms with Crippen LogP contribution in [0, 0.1) is 6.92 Å². The third kappa shape index (κ3) is 5.09. The SMILES string of the molecule is CCC(=O)Nc1ccc(OCC(=O)N(C)Cc2sccc2C)cc1. The third-order valence-corrected chi connectivity index (χ3v) is 4.60. The lowest BCUT2D eigenvalue weighted by molar-refractivity contribution is -0.132. The lowest BCUT2D eigenvalue weighted by Gasteiger charge is -2.17. The van der Waals surface area contributed by atoms with Gasteiger partial charge < -0.3 is 15.0 Å². The van der Waals surface area contributed by atoms with E-state index in [1.54, 1.807) is 54.5 Å². The number of thiophene rings is 1. The molecule has 1 N–H and O–H groups in total. The summed E-state index contributed by atoms with van der Waals surface area (Å²) in [4.78, 5) is 26.3. The van der Waals surface area contributed by atoms with Crippen molar-refractivity contribution in [1.82, 2.24) is 4.90 Å². The van der Waals surface area contributed by atoms with Crippen LogP contribution in [0.4, 0.5) is 5.69 Å². The van der Waals surface area contributed by atoms with Crippen LogP contribution in [-0.2, 0) is 16.1 Å². The van der Waals surface area contributed by atoms with Gasteiger partial charge in [0, 0.05) is 24.0 Å². The fraction of sp³-hybridized carbons (Fsp3) is 0.333. The van der Waals surface area contributed by atoms with Crippen molar-refractivity contribution in [3.05, 3.63) is 46.2 Å². The molecule has 0 radical (unpaired) electrons. The van der Waals surface area contributed by atoms with Crippen LogP contribution < -0.4 is 10.1 Å². The van der Waals surface area contributed by atoms with Crippen molar-refractivity contribution in [1.29, 1.82) is 0 Å². The number of hydrogen-bond donors (Lipinski definition) is 1. The highest BCUT2D eigenvalue weighted by Gasteiger charge is 2.12. The smallest absolute Gasteiger partial charge is 0.260 e. The predicted octanol–water partition coefficient (Wildman–Crippen LogP) is 3.44. The summed E-state index contributed by atoms with van der Waals surface area (Å²) in [5.41, 5.74) is 1.91. The van der Waals surface area contributed by atoms with Crippen molar-refractivity contribution >= 4 is 28.8 Å². The lowest BCUT2D eigenvalue weighted by Crippen LogP contribution is -2.30. The molecule has 2 aromatic rings. The molecule has 2 amide bonds. The third-order valence-electron chi connectivity index (χ3n) is 3.60. The van der Waals surface area contributed by atoms with Crippen LogP contribution in [0.5, 0.6) is 5.75 Å². The molecule has 0 bridgehead atoms. The highest BCUT2D eigenvalue weighted by molar-refractivity contribution is 7.10. The summed E-state index contributed by atoms with van der Waals surface area (Å²) >= 11 is 1.65. The van der Waals surface area contributed by atoms with E-state index >= 15 is 0 Å². The fourth-order valence-electron chi connectivity index (χ4n) is 2.01. The summed E-state index contributed by atoms with van der Waals surface area (Å²) in [6, 6.07) is 9.04. The minimum atomic E-state index is -0.0776. The van der Waals surface area contributed by atoms with Gasteiger partial charge >= 0.3 is 0 Å². The molecule has 0 aliphatic rings. The van der Waals surface area contributed by atoms with Crippen molar-refractivity contribution < 1.29 is 14.3 Å². The predicted molar refractivity (Wildman–Crippen MR) is 96.4 cm³/mol. The van der Waals surface area contributed by atoms with E-state index in [1.807, 2.05) is 18.4 Å². The van der Waals surface area contributed by atoms with Crippen LogP contribution in [0.15, 0.2) is 35.7 Å². The number of nitrogens with one attached hydrogen (secondary N) is 1. The van der Waals surface area contributed by atoms with Crippen molar-refractivity contribution in [2.24, 2.45) is 0 Å². The van der Waals surface area contributed by atoms with Gasteiger partial charge in [0.15, 0.2) is 6.61 Å². The Labute approximate surface area is 146 Å². The molecule has 0 unspecified atom stereocenters. The molecule has 0 atom stereocenters. The Morgan fingerprint density at radius 3 is 2.50 bits per heavy atom. The van der Waals surface area contributed by atoms with E-state index in [2.05, 4.69) is 5.32 Å². The van der Waals surface area contributed by atoms with E-state index in [-0.39, 0.29) is 18.4 Å². The zero-order valence-corrected chi connectivity index (χ0v) is 15.0. The summed E-state index contributed by atoms with van der Waals surface area (Å²) < 4.78 is 5.52. The molecule has 0 aliphatic carbocycles. The standard InChI is InChI=1S/C18H22N2O3S/c1-4-17(21)19-14-5-7-15(8-6-14)23-12-18(22)20(3)11-16-13(2)9-10-24-16/h5-10H,4,11-12H2,1-3H3,(H,19,21). The lowest BCUT2D eigenvalue weighted by atomic mass is 10.3. The minimum absolute atomic E-state index is 0.0123. The normalized spacial score (nSPS) is 10.3. The molecule has 0 saturated heterocycles. The van der Waals surface area contributed by atoms with E-state index in [0.717, 1.165) is 0 Å². The van der Waals surface area contributed by atoms with Crippen molar-refractivity contribution in [3.63, 3.8) is 0 Å². The molecular formula is C18H22N2O3S. The Morgan fingerprint density at radius 2 is 1.92 bits per heavy atom. The molecule has 0 saturated carbocycles. The first kappa shape index (κ1) is 18.0. The van der Waals surface area contributed by atoms with Crippen LogP contribution in [0.2, 0.25) is 0 Å². The van der Waals surface area contributed by atoms with Gasteiger partial charge in [-0.3, -0.25) is 9.59 Å². The molecule has 0 fully saturated rings. The van der Waals surface area contributed by atoms with Gasteiger partial charge in [0.1, 0.15) is 5.75 Å². The van der Waals surface area contributed by atoms with E-state index in [0.29, 0.717) is 24.4 Å². The van der Waals surface area contributed by atoms with E-state index < -0.39 is 0 Å². The van der Waals surface area contributed by atoms with Crippen LogP contribution >= 0.6 is 11.3 Å². The van der Waals surface area contributed by atoms with Crippen molar-refractivity contribution in [3.8, 4) is 5.75 Å². The minimum Gasteiger partial charge on any atom is -0.484 e. The number of ether oxygens (including phenoxy) is 1. The summed E-state index contributed by atoms with van der Waals surface area (Å²) in [6.07, 6.45) is 0.433. The number of hydrogen-bond acceptors (Lipinski definition) is 4. The van der Waals surface area contributed by atoms with Crippen LogP contribution in [0.1, 0.15) is 23.8 Å². The van der Waals surface area contributed by atoms with Crippen LogP contribution in [0.3, 0.4) is 0 Å². The van der Waals surface area contributed by atoms with Gasteiger partial charge in [-0.1, -0.05) is 6.92 Å². The number of likely N-dealkylation sites (N-methyl/N-ethyl adjacent to an activating group) is 1. The second-order valence-corrected chi connectivity index (χ2v) is 6.49. The molecule has 5 nitrogen and oxygen atoms in total. The zero-order valence-electron chi connectivity index (χ0n) is 14.2. The highest BCUT2D eigenvalue weighted by atomic mass is 32.1. The maximum absolute atomic E-state index is 12.2. The van der Waals surface area contributed by atoms with Gasteiger partial charge in [0.2, 0.25) is 5.91 Å². The average Bonchev–Trinajstić information content (AvgIpc) is 2.98. The van der Waals surface area contributed by atoms with Gasteiger partial charge in [-0.25, -0.2) is 0 Å². The number of benzene rings is 1. The van der Waals surface area contributed by atoms with Crippen molar-refractivity contribution in [2.75, 3.05) is 19.0 Å². The van der Waals surface area contributed by atoms with E-state index in [9.17, 15) is 9.59 Å². The maximum atomic E-state index is 12.2. The monoisotopic (exact) mass is 346 g/mol. The number of nitrogens with zero attached hydrogens (tertiary/aromatic N) is 1. The fourth-order valence-corrected chi connectivity index (χ4v) is 2.97. The number of anilines is 1. The number of rotatable bonds is 7. The largest absolute Gasteiger partial charge is 0.484 e. The molecule has 1 aromatic carbocycles. The zero-order chi connectivity index (χ0) is 17.5. The summed E-state index contributed by atoms with van der Waals surface area (Å²) in [5.74, 6) is 0.481. The van der Waals surface area contributed by atoms with Gasteiger partial charge in [-0.15, -0.1) is 11.3 Å². The molecular weight excluding hydrogens is 324 g/mol. The molecule has 2 rings (SSSR count). The topological polar surface area (TPSA) is 58.6 Å². The molecule has 1 heterocycles. The highest BCUT2D eigenvalue weighted by Crippen LogP contribution is 2.18. The first-order valence-electron chi connectivity index (χ1n) is 7.79. The van der Waals surface area contributed by atoms with Gasteiger partial charge in [-0.05, 0) is 48.2 Å². The Balaban J connectivity index is 1.82. The molecule has 6 heteroatoms. The maximum Gasteiger partial charge on any atom is 0.260 e. The molecule has 128 valence electrons. The molecule has 0 spiro atoms. The Hall–Kier alpha value is -2.34. The van der Waals surface area contributed by atoms with Crippen molar-refractivity contribution in [2.45, 2.75) is 26.8 Å². The van der Waals surface area contributed by atoms with Crippen LogP contribution in [-0.4, -0.2) is 30.4 Å². The van der Waals surface area contributed by atoms with Gasteiger partial charge in [-0.2, -0.15) is 0 Å². The first-order valence-corrected chi connectivity index (χ1v) is 8.67. The number of amides is 2. The first-order chi connectivity index (χ1) is 11.5. The molecule has 24 heavy (non-hydrogen) atoms. The number of carbonyl (C=O) groups is 2. The Bertz CT molecular complexity index is 695. The Kier molecular flexibility index (Phi) is 6.37. The summed E-state index contributed by atoms with van der Waals surface area (Å²) in [5, 5.41) is 4.79. The number of carbonyl (C=O) groups excluding carboxylic acids is 2. The van der Waals surface area contributed by atoms with Gasteiger partial charge in [0.05, 0.1) is 6.54 Å². The number of aryl methyl sites for hydroxylation is 1. The van der Waals surface area contributed by atoms with Crippen LogP contribution in [0.25, 0.3) is 0 Å². The average molecular weight is 346 g/mol. The van der Waals surface area contributed by atoms with E-state index in [4.69, 9.17) is 4.74 Å². The molecule has 1 aromatic heterocycles. The second kappa shape index (κ2) is 8.49. The Morgan fingerprint density at radius 1 is 1.21 bits per heavy atom.